The summed E-state index contributed by atoms with van der Waals surface area (Å²) in [6.45, 7) is 4.09. The number of nitrogens with one attached hydrogen (secondary N) is 2. The number of rotatable bonds is 4. The van der Waals surface area contributed by atoms with Crippen LogP contribution in [0.5, 0.6) is 0 Å². The van der Waals surface area contributed by atoms with E-state index in [-0.39, 0.29) is 11.7 Å². The molecule has 2 N–H and O–H groups in total. The van der Waals surface area contributed by atoms with Crippen LogP contribution in [0, 0.1) is 13.8 Å². The summed E-state index contributed by atoms with van der Waals surface area (Å²) < 4.78 is 1.64. The van der Waals surface area contributed by atoms with E-state index in [1.54, 1.807) is 4.40 Å². The number of aromatic amines is 1. The SMILES string of the molecule is Cc1cc(C)n2c(C(=O)NCc3cccc(-c4nn[nH]n4)c3)nnc2n1. The number of fused-ring (bicyclic) bond motifs is 1. The zero-order valence-corrected chi connectivity index (χ0v) is 14.1. The second-order valence-corrected chi connectivity index (χ2v) is 5.82. The Hall–Kier alpha value is -3.69. The Bertz CT molecular complexity index is 1080. The predicted octanol–water partition coefficient (Wildman–Crippen LogP) is 0.851. The Morgan fingerprint density at radius 2 is 2.08 bits per heavy atom. The molecule has 0 unspecified atom stereocenters. The Balaban J connectivity index is 1.54. The van der Waals surface area contributed by atoms with Crippen LogP contribution in [-0.4, -0.2) is 46.1 Å². The summed E-state index contributed by atoms with van der Waals surface area (Å²) in [5, 5.41) is 24.7. The van der Waals surface area contributed by atoms with E-state index in [0.29, 0.717) is 18.1 Å². The molecule has 0 radical (unpaired) electrons. The number of tetrazole rings is 1. The van der Waals surface area contributed by atoms with Gasteiger partial charge >= 0.3 is 0 Å². The molecule has 130 valence electrons. The first-order chi connectivity index (χ1) is 12.6. The van der Waals surface area contributed by atoms with Gasteiger partial charge in [-0.1, -0.05) is 18.2 Å². The summed E-state index contributed by atoms with van der Waals surface area (Å²) in [5.41, 5.74) is 3.39. The van der Waals surface area contributed by atoms with Gasteiger partial charge in [-0.05, 0) is 36.8 Å². The van der Waals surface area contributed by atoms with Crippen molar-refractivity contribution < 1.29 is 4.79 Å². The summed E-state index contributed by atoms with van der Waals surface area (Å²) in [7, 11) is 0. The number of hydrogen-bond acceptors (Lipinski definition) is 7. The Morgan fingerprint density at radius 1 is 1.19 bits per heavy atom. The molecule has 0 aliphatic carbocycles. The average Bonchev–Trinajstić information content (AvgIpc) is 3.29. The number of benzene rings is 1. The standard InChI is InChI=1S/C16H15N9O/c1-9-6-10(2)25-14(21-22-16(25)18-9)15(26)17-8-11-4-3-5-12(7-11)13-19-23-24-20-13/h3-7H,8H2,1-2H3,(H,17,26)(H,19,20,23,24). The van der Waals surface area contributed by atoms with Gasteiger partial charge in [-0.3, -0.25) is 9.20 Å². The van der Waals surface area contributed by atoms with Crippen molar-refractivity contribution in [1.82, 2.24) is 45.5 Å². The molecule has 1 amide bonds. The highest BCUT2D eigenvalue weighted by Gasteiger charge is 2.16. The van der Waals surface area contributed by atoms with E-state index in [4.69, 9.17) is 0 Å². The van der Waals surface area contributed by atoms with E-state index in [1.807, 2.05) is 44.2 Å². The third-order valence-electron chi connectivity index (χ3n) is 3.88. The van der Waals surface area contributed by atoms with Crippen LogP contribution in [0.4, 0.5) is 0 Å². The van der Waals surface area contributed by atoms with Gasteiger partial charge in [-0.15, -0.1) is 20.4 Å². The van der Waals surface area contributed by atoms with Crippen molar-refractivity contribution in [2.45, 2.75) is 20.4 Å². The molecule has 3 aromatic heterocycles. The predicted molar refractivity (Wildman–Crippen MR) is 91.0 cm³/mol. The molecule has 0 saturated heterocycles. The first-order valence-corrected chi connectivity index (χ1v) is 7.92. The molecule has 1 aromatic carbocycles. The molecule has 0 aliphatic rings. The largest absolute Gasteiger partial charge is 0.345 e. The number of H-pyrrole nitrogens is 1. The first-order valence-electron chi connectivity index (χ1n) is 7.92. The molecule has 0 aliphatic heterocycles. The Morgan fingerprint density at radius 3 is 2.88 bits per heavy atom. The van der Waals surface area contributed by atoms with Gasteiger partial charge in [0.2, 0.25) is 11.6 Å². The molecule has 0 fully saturated rings. The minimum Gasteiger partial charge on any atom is -0.345 e. The van der Waals surface area contributed by atoms with Crippen LogP contribution in [0.1, 0.15) is 27.6 Å². The molecule has 0 bridgehead atoms. The molecule has 0 atom stereocenters. The smallest absolute Gasteiger partial charge is 0.289 e. The fraction of sp³-hybridized carbons (Fsp3) is 0.188. The van der Waals surface area contributed by atoms with Gasteiger partial charge in [0.25, 0.3) is 11.7 Å². The van der Waals surface area contributed by atoms with Gasteiger partial charge < -0.3 is 5.32 Å². The fourth-order valence-electron chi connectivity index (χ4n) is 2.74. The van der Waals surface area contributed by atoms with Gasteiger partial charge in [0.05, 0.1) is 0 Å². The minimum absolute atomic E-state index is 0.208. The van der Waals surface area contributed by atoms with E-state index in [2.05, 4.69) is 41.1 Å². The van der Waals surface area contributed by atoms with Crippen LogP contribution in [0.2, 0.25) is 0 Å². The van der Waals surface area contributed by atoms with Crippen molar-refractivity contribution in [2.24, 2.45) is 0 Å². The molecule has 10 heteroatoms. The summed E-state index contributed by atoms with van der Waals surface area (Å²) in [6.07, 6.45) is 0. The van der Waals surface area contributed by atoms with Crippen LogP contribution in [0.3, 0.4) is 0 Å². The van der Waals surface area contributed by atoms with Crippen LogP contribution in [0.15, 0.2) is 30.3 Å². The summed E-state index contributed by atoms with van der Waals surface area (Å²) in [5.74, 6) is 0.793. The normalized spacial score (nSPS) is 11.0. The topological polar surface area (TPSA) is 127 Å². The molecule has 4 aromatic rings. The molecule has 26 heavy (non-hydrogen) atoms. The molecule has 0 saturated carbocycles. The van der Waals surface area contributed by atoms with Gasteiger partial charge in [-0.25, -0.2) is 4.98 Å². The molecular formula is C16H15N9O. The second kappa shape index (κ2) is 6.31. The maximum atomic E-state index is 12.5. The van der Waals surface area contributed by atoms with Crippen molar-refractivity contribution in [3.05, 3.63) is 53.1 Å². The molecule has 3 heterocycles. The van der Waals surface area contributed by atoms with Gasteiger partial charge in [0.15, 0.2) is 0 Å². The van der Waals surface area contributed by atoms with Crippen molar-refractivity contribution in [3.8, 4) is 11.4 Å². The van der Waals surface area contributed by atoms with Crippen LogP contribution >= 0.6 is 0 Å². The molecule has 10 nitrogen and oxygen atoms in total. The maximum absolute atomic E-state index is 12.5. The number of hydrogen-bond donors (Lipinski definition) is 2. The van der Waals surface area contributed by atoms with Crippen molar-refractivity contribution in [2.75, 3.05) is 0 Å². The third-order valence-corrected chi connectivity index (χ3v) is 3.88. The van der Waals surface area contributed by atoms with E-state index in [0.717, 1.165) is 22.5 Å². The number of nitrogens with zero attached hydrogens (tertiary/aromatic N) is 7. The summed E-state index contributed by atoms with van der Waals surface area (Å²) in [4.78, 5) is 16.8. The van der Waals surface area contributed by atoms with Crippen LogP contribution in [-0.2, 0) is 6.54 Å². The average molecular weight is 349 g/mol. The van der Waals surface area contributed by atoms with Gasteiger partial charge in [0, 0.05) is 23.5 Å². The number of aromatic nitrogens is 8. The van der Waals surface area contributed by atoms with Crippen LogP contribution < -0.4 is 5.32 Å². The summed E-state index contributed by atoms with van der Waals surface area (Å²) >= 11 is 0. The monoisotopic (exact) mass is 349 g/mol. The van der Waals surface area contributed by atoms with Gasteiger partial charge in [-0.2, -0.15) is 5.21 Å². The van der Waals surface area contributed by atoms with E-state index >= 15 is 0 Å². The number of aryl methyl sites for hydroxylation is 2. The molecule has 4 rings (SSSR count). The highest BCUT2D eigenvalue weighted by molar-refractivity contribution is 5.91. The molecular weight excluding hydrogens is 334 g/mol. The highest BCUT2D eigenvalue weighted by Crippen LogP contribution is 2.15. The Kier molecular flexibility index (Phi) is 3.84. The number of carbonyl (C=O) groups is 1. The Labute approximate surface area is 147 Å². The van der Waals surface area contributed by atoms with E-state index in [9.17, 15) is 4.79 Å². The third kappa shape index (κ3) is 2.88. The summed E-state index contributed by atoms with van der Waals surface area (Å²) in [6, 6.07) is 9.42. The lowest BCUT2D eigenvalue weighted by Gasteiger charge is -2.07. The number of carbonyl (C=O) groups excluding carboxylic acids is 1. The maximum Gasteiger partial charge on any atom is 0.289 e. The van der Waals surface area contributed by atoms with Gasteiger partial charge in [0.1, 0.15) is 0 Å². The van der Waals surface area contributed by atoms with Crippen LogP contribution in [0.25, 0.3) is 17.2 Å². The lowest BCUT2D eigenvalue weighted by molar-refractivity contribution is 0.0939. The fourth-order valence-corrected chi connectivity index (χ4v) is 2.74. The van der Waals surface area contributed by atoms with Crippen molar-refractivity contribution in [3.63, 3.8) is 0 Å². The zero-order chi connectivity index (χ0) is 18.1. The lowest BCUT2D eigenvalue weighted by atomic mass is 10.1. The second-order valence-electron chi connectivity index (χ2n) is 5.82. The first kappa shape index (κ1) is 15.8. The highest BCUT2D eigenvalue weighted by atomic mass is 16.2. The molecule has 0 spiro atoms. The quantitative estimate of drug-likeness (QED) is 0.559. The number of amides is 1. The van der Waals surface area contributed by atoms with Crippen molar-refractivity contribution in [1.29, 1.82) is 0 Å². The van der Waals surface area contributed by atoms with Crippen molar-refractivity contribution >= 4 is 11.7 Å². The van der Waals surface area contributed by atoms with E-state index < -0.39 is 0 Å². The minimum atomic E-state index is -0.323. The van der Waals surface area contributed by atoms with E-state index in [1.165, 1.54) is 0 Å². The lowest BCUT2D eigenvalue weighted by Crippen LogP contribution is -2.25. The zero-order valence-electron chi connectivity index (χ0n) is 14.1.